The topological polar surface area (TPSA) is 65.2 Å². The van der Waals surface area contributed by atoms with Gasteiger partial charge in [0, 0.05) is 21.2 Å². The van der Waals surface area contributed by atoms with Crippen LogP contribution < -0.4 is 0 Å². The SMILES string of the molecule is O=C(CCSc1ccc(Cl)cc1)OCc1nnc(-c2ccccc2)o1. The van der Waals surface area contributed by atoms with Crippen molar-refractivity contribution in [2.24, 2.45) is 0 Å². The number of benzene rings is 2. The molecule has 7 heteroatoms. The van der Waals surface area contributed by atoms with E-state index in [0.29, 0.717) is 23.1 Å². The number of rotatable bonds is 7. The second-order valence-corrected chi connectivity index (χ2v) is 6.68. The highest BCUT2D eigenvalue weighted by atomic mass is 35.5. The Kier molecular flexibility index (Phi) is 6.09. The molecule has 0 N–H and O–H groups in total. The van der Waals surface area contributed by atoms with Crippen LogP contribution in [0.4, 0.5) is 0 Å². The van der Waals surface area contributed by atoms with Gasteiger partial charge in [0.25, 0.3) is 5.89 Å². The first-order valence-electron chi connectivity index (χ1n) is 7.62. The summed E-state index contributed by atoms with van der Waals surface area (Å²) in [7, 11) is 0. The molecule has 0 fully saturated rings. The summed E-state index contributed by atoms with van der Waals surface area (Å²) in [6.45, 7) is -0.0235. The number of carbonyl (C=O) groups excluding carboxylic acids is 1. The molecule has 0 atom stereocenters. The van der Waals surface area contributed by atoms with Gasteiger partial charge in [-0.3, -0.25) is 4.79 Å². The summed E-state index contributed by atoms with van der Waals surface area (Å²) in [4.78, 5) is 12.8. The number of halogens is 1. The van der Waals surface area contributed by atoms with Crippen LogP contribution in [0.2, 0.25) is 5.02 Å². The van der Waals surface area contributed by atoms with Crippen molar-refractivity contribution in [3.05, 3.63) is 65.5 Å². The van der Waals surface area contributed by atoms with Gasteiger partial charge in [-0.1, -0.05) is 29.8 Å². The van der Waals surface area contributed by atoms with Gasteiger partial charge in [0.1, 0.15) is 0 Å². The second kappa shape index (κ2) is 8.69. The van der Waals surface area contributed by atoms with E-state index in [1.807, 2.05) is 54.6 Å². The normalized spacial score (nSPS) is 10.6. The van der Waals surface area contributed by atoms with Crippen molar-refractivity contribution in [2.45, 2.75) is 17.9 Å². The zero-order valence-corrected chi connectivity index (χ0v) is 14.8. The van der Waals surface area contributed by atoms with Gasteiger partial charge < -0.3 is 9.15 Å². The Labute approximate surface area is 154 Å². The fraction of sp³-hybridized carbons (Fsp3) is 0.167. The maximum Gasteiger partial charge on any atom is 0.307 e. The molecule has 1 heterocycles. The predicted molar refractivity (Wildman–Crippen MR) is 96.3 cm³/mol. The third kappa shape index (κ3) is 5.34. The van der Waals surface area contributed by atoms with Gasteiger partial charge in [0.05, 0.1) is 6.42 Å². The molecule has 0 saturated carbocycles. The summed E-state index contributed by atoms with van der Waals surface area (Å²) in [5.41, 5.74) is 0.826. The van der Waals surface area contributed by atoms with Crippen molar-refractivity contribution >= 4 is 29.3 Å². The highest BCUT2D eigenvalue weighted by Gasteiger charge is 2.11. The molecule has 128 valence electrons. The van der Waals surface area contributed by atoms with E-state index >= 15 is 0 Å². The molecule has 0 radical (unpaired) electrons. The van der Waals surface area contributed by atoms with E-state index in [2.05, 4.69) is 10.2 Å². The summed E-state index contributed by atoms with van der Waals surface area (Å²) in [6, 6.07) is 16.9. The van der Waals surface area contributed by atoms with Crippen LogP contribution in [0.1, 0.15) is 12.3 Å². The zero-order chi connectivity index (χ0) is 17.5. The monoisotopic (exact) mass is 374 g/mol. The molecule has 0 spiro atoms. The predicted octanol–water partition coefficient (Wildman–Crippen LogP) is 4.62. The van der Waals surface area contributed by atoms with Gasteiger partial charge in [-0.25, -0.2) is 0 Å². The molecular formula is C18H15ClN2O3S. The Bertz CT molecular complexity index is 822. The number of nitrogens with zero attached hydrogens (tertiary/aromatic N) is 2. The molecule has 0 unspecified atom stereocenters. The average Bonchev–Trinajstić information content (AvgIpc) is 3.11. The second-order valence-electron chi connectivity index (χ2n) is 5.08. The highest BCUT2D eigenvalue weighted by Crippen LogP contribution is 2.21. The molecular weight excluding hydrogens is 360 g/mol. The van der Waals surface area contributed by atoms with Gasteiger partial charge in [-0.15, -0.1) is 22.0 Å². The minimum Gasteiger partial charge on any atom is -0.456 e. The van der Waals surface area contributed by atoms with E-state index in [4.69, 9.17) is 20.8 Å². The van der Waals surface area contributed by atoms with E-state index in [9.17, 15) is 4.79 Å². The van der Waals surface area contributed by atoms with E-state index < -0.39 is 0 Å². The van der Waals surface area contributed by atoms with Crippen LogP contribution in [0.25, 0.3) is 11.5 Å². The summed E-state index contributed by atoms with van der Waals surface area (Å²) in [6.07, 6.45) is 0.299. The van der Waals surface area contributed by atoms with Crippen LogP contribution >= 0.6 is 23.4 Å². The van der Waals surface area contributed by atoms with Crippen molar-refractivity contribution in [3.8, 4) is 11.5 Å². The standard InChI is InChI=1S/C18H15ClN2O3S/c19-14-6-8-15(9-7-14)25-11-10-17(22)23-12-16-20-21-18(24-16)13-4-2-1-3-5-13/h1-9H,10-12H2. The quantitative estimate of drug-likeness (QED) is 0.444. The molecule has 0 aliphatic heterocycles. The lowest BCUT2D eigenvalue weighted by Crippen LogP contribution is -2.05. The summed E-state index contributed by atoms with van der Waals surface area (Å²) >= 11 is 7.40. The Morgan fingerprint density at radius 1 is 1.08 bits per heavy atom. The molecule has 0 amide bonds. The highest BCUT2D eigenvalue weighted by molar-refractivity contribution is 7.99. The number of thioether (sulfide) groups is 1. The van der Waals surface area contributed by atoms with E-state index in [-0.39, 0.29) is 18.5 Å². The fourth-order valence-electron chi connectivity index (χ4n) is 2.01. The van der Waals surface area contributed by atoms with Crippen molar-refractivity contribution in [1.29, 1.82) is 0 Å². The smallest absolute Gasteiger partial charge is 0.307 e. The number of aromatic nitrogens is 2. The van der Waals surface area contributed by atoms with Crippen molar-refractivity contribution in [1.82, 2.24) is 10.2 Å². The number of esters is 1. The third-order valence-electron chi connectivity index (χ3n) is 3.23. The maximum atomic E-state index is 11.8. The van der Waals surface area contributed by atoms with Crippen LogP contribution in [-0.2, 0) is 16.1 Å². The number of carbonyl (C=O) groups is 1. The number of hydrogen-bond donors (Lipinski definition) is 0. The van der Waals surface area contributed by atoms with Crippen LogP contribution in [0.5, 0.6) is 0 Å². The lowest BCUT2D eigenvalue weighted by molar-refractivity contribution is -0.145. The van der Waals surface area contributed by atoms with Crippen molar-refractivity contribution in [2.75, 3.05) is 5.75 Å². The first kappa shape index (κ1) is 17.5. The van der Waals surface area contributed by atoms with Gasteiger partial charge in [-0.2, -0.15) is 0 Å². The Morgan fingerprint density at radius 2 is 1.84 bits per heavy atom. The van der Waals surface area contributed by atoms with E-state index in [1.54, 1.807) is 11.8 Å². The fourth-order valence-corrected chi connectivity index (χ4v) is 2.97. The minimum atomic E-state index is -0.305. The first-order chi connectivity index (χ1) is 12.2. The maximum absolute atomic E-state index is 11.8. The lowest BCUT2D eigenvalue weighted by Gasteiger charge is -2.03. The van der Waals surface area contributed by atoms with Crippen LogP contribution in [0, 0.1) is 0 Å². The first-order valence-corrected chi connectivity index (χ1v) is 8.99. The lowest BCUT2D eigenvalue weighted by atomic mass is 10.2. The molecule has 0 bridgehead atoms. The third-order valence-corrected chi connectivity index (χ3v) is 4.50. The molecule has 1 aromatic heterocycles. The molecule has 3 rings (SSSR count). The summed E-state index contributed by atoms with van der Waals surface area (Å²) in [5.74, 6) is 1.00. The van der Waals surface area contributed by atoms with Gasteiger partial charge in [-0.05, 0) is 36.4 Å². The van der Waals surface area contributed by atoms with Crippen LogP contribution in [0.15, 0.2) is 63.9 Å². The number of hydrogen-bond acceptors (Lipinski definition) is 6. The van der Waals surface area contributed by atoms with Gasteiger partial charge in [0.2, 0.25) is 5.89 Å². The minimum absolute atomic E-state index is 0.0235. The van der Waals surface area contributed by atoms with Gasteiger partial charge >= 0.3 is 5.97 Å². The molecule has 0 saturated heterocycles. The molecule has 25 heavy (non-hydrogen) atoms. The molecule has 0 aliphatic carbocycles. The average molecular weight is 375 g/mol. The summed E-state index contributed by atoms with van der Waals surface area (Å²) in [5, 5.41) is 8.53. The van der Waals surface area contributed by atoms with Crippen LogP contribution in [-0.4, -0.2) is 21.9 Å². The Hall–Kier alpha value is -2.31. The largest absolute Gasteiger partial charge is 0.456 e. The Balaban J connectivity index is 1.42. The molecule has 2 aromatic carbocycles. The zero-order valence-electron chi connectivity index (χ0n) is 13.2. The molecule has 0 aliphatic rings. The van der Waals surface area contributed by atoms with Gasteiger partial charge in [0.15, 0.2) is 6.61 Å². The van der Waals surface area contributed by atoms with E-state index in [1.165, 1.54) is 0 Å². The Morgan fingerprint density at radius 3 is 2.60 bits per heavy atom. The summed E-state index contributed by atoms with van der Waals surface area (Å²) < 4.78 is 10.7. The van der Waals surface area contributed by atoms with Crippen molar-refractivity contribution < 1.29 is 13.9 Å². The van der Waals surface area contributed by atoms with Crippen molar-refractivity contribution in [3.63, 3.8) is 0 Å². The molecule has 3 aromatic rings. The van der Waals surface area contributed by atoms with E-state index in [0.717, 1.165) is 10.5 Å². The number of ether oxygens (including phenoxy) is 1. The van der Waals surface area contributed by atoms with Crippen LogP contribution in [0.3, 0.4) is 0 Å². The molecule has 5 nitrogen and oxygen atoms in total.